The van der Waals surface area contributed by atoms with Crippen LogP contribution in [-0.2, 0) is 4.79 Å². The van der Waals surface area contributed by atoms with E-state index in [-0.39, 0.29) is 5.41 Å². The Balaban J connectivity index is 1.98. The van der Waals surface area contributed by atoms with Crippen LogP contribution in [0.2, 0.25) is 0 Å². The number of carbonyl (C=O) groups excluding carboxylic acids is 1. The van der Waals surface area contributed by atoms with Crippen molar-refractivity contribution in [3.8, 4) is 0 Å². The molecule has 20 heavy (non-hydrogen) atoms. The van der Waals surface area contributed by atoms with Crippen LogP contribution < -0.4 is 5.32 Å². The van der Waals surface area contributed by atoms with Gasteiger partial charge in [-0.05, 0) is 56.9 Å². The summed E-state index contributed by atoms with van der Waals surface area (Å²) >= 11 is 0. The molecule has 3 heteroatoms. The van der Waals surface area contributed by atoms with Crippen molar-refractivity contribution in [2.75, 3.05) is 26.2 Å². The summed E-state index contributed by atoms with van der Waals surface area (Å²) < 4.78 is 0. The molecule has 2 aliphatic rings. The molecule has 0 spiro atoms. The highest BCUT2D eigenvalue weighted by Gasteiger charge is 2.38. The average molecular weight is 280 g/mol. The van der Waals surface area contributed by atoms with E-state index in [1.165, 1.54) is 12.8 Å². The van der Waals surface area contributed by atoms with E-state index in [4.69, 9.17) is 0 Å². The summed E-state index contributed by atoms with van der Waals surface area (Å²) in [5.74, 6) is 1.14. The van der Waals surface area contributed by atoms with Crippen LogP contribution in [0.5, 0.6) is 0 Å². The summed E-state index contributed by atoms with van der Waals surface area (Å²) in [6.07, 6.45) is 5.76. The molecule has 116 valence electrons. The van der Waals surface area contributed by atoms with Crippen molar-refractivity contribution in [3.05, 3.63) is 0 Å². The third-order valence-corrected chi connectivity index (χ3v) is 5.35. The Morgan fingerprint density at radius 3 is 2.55 bits per heavy atom. The van der Waals surface area contributed by atoms with Gasteiger partial charge in [0.25, 0.3) is 0 Å². The Morgan fingerprint density at radius 1 is 1.20 bits per heavy atom. The normalized spacial score (nSPS) is 32.8. The first-order valence-electron chi connectivity index (χ1n) is 8.33. The third-order valence-electron chi connectivity index (χ3n) is 5.35. The lowest BCUT2D eigenvalue weighted by Crippen LogP contribution is -2.50. The van der Waals surface area contributed by atoms with Gasteiger partial charge in [0.15, 0.2) is 0 Å². The van der Waals surface area contributed by atoms with Crippen LogP contribution in [0, 0.1) is 16.7 Å². The van der Waals surface area contributed by atoms with Crippen LogP contribution in [0.4, 0.5) is 0 Å². The lowest BCUT2D eigenvalue weighted by atomic mass is 9.76. The first kappa shape index (κ1) is 15.8. The van der Waals surface area contributed by atoms with Crippen LogP contribution in [0.1, 0.15) is 59.8 Å². The molecule has 1 amide bonds. The highest BCUT2D eigenvalue weighted by atomic mass is 16.2. The molecule has 2 atom stereocenters. The standard InChI is InChI=1S/C17H32N2O/c1-16(2,3)14-7-5-11-19(12-8-14)15(20)17(4)9-6-10-18-13-17/h14,18H,5-13H2,1-4H3. The van der Waals surface area contributed by atoms with Crippen LogP contribution >= 0.6 is 0 Å². The summed E-state index contributed by atoms with van der Waals surface area (Å²) in [4.78, 5) is 15.0. The molecule has 2 aliphatic heterocycles. The Bertz CT molecular complexity index is 339. The van der Waals surface area contributed by atoms with E-state index >= 15 is 0 Å². The van der Waals surface area contributed by atoms with Gasteiger partial charge in [0, 0.05) is 19.6 Å². The zero-order chi connectivity index (χ0) is 14.8. The van der Waals surface area contributed by atoms with Gasteiger partial charge in [0.1, 0.15) is 0 Å². The fraction of sp³-hybridized carbons (Fsp3) is 0.941. The summed E-state index contributed by atoms with van der Waals surface area (Å²) in [5.41, 5.74) is 0.204. The Morgan fingerprint density at radius 2 is 1.95 bits per heavy atom. The Hall–Kier alpha value is -0.570. The molecule has 0 aromatic rings. The van der Waals surface area contributed by atoms with E-state index < -0.39 is 0 Å². The minimum atomic E-state index is -0.167. The molecule has 2 unspecified atom stereocenters. The van der Waals surface area contributed by atoms with Gasteiger partial charge in [-0.3, -0.25) is 4.79 Å². The first-order chi connectivity index (χ1) is 9.33. The maximum absolute atomic E-state index is 12.9. The predicted molar refractivity (Wildman–Crippen MR) is 83.6 cm³/mol. The van der Waals surface area contributed by atoms with E-state index in [2.05, 4.69) is 37.9 Å². The molecular formula is C17H32N2O. The van der Waals surface area contributed by atoms with Crippen molar-refractivity contribution in [2.45, 2.75) is 59.8 Å². The van der Waals surface area contributed by atoms with Crippen molar-refractivity contribution in [3.63, 3.8) is 0 Å². The molecule has 0 saturated carbocycles. The highest BCUT2D eigenvalue weighted by molar-refractivity contribution is 5.82. The molecule has 0 radical (unpaired) electrons. The zero-order valence-corrected chi connectivity index (χ0v) is 13.8. The molecule has 0 aromatic carbocycles. The van der Waals surface area contributed by atoms with Crippen molar-refractivity contribution in [1.29, 1.82) is 0 Å². The number of nitrogens with zero attached hydrogens (tertiary/aromatic N) is 1. The van der Waals surface area contributed by atoms with Gasteiger partial charge in [-0.25, -0.2) is 0 Å². The zero-order valence-electron chi connectivity index (χ0n) is 13.8. The number of amides is 1. The maximum Gasteiger partial charge on any atom is 0.229 e. The number of piperidine rings is 1. The van der Waals surface area contributed by atoms with Gasteiger partial charge in [0.05, 0.1) is 5.41 Å². The molecule has 2 heterocycles. The summed E-state index contributed by atoms with van der Waals surface area (Å²) in [6, 6.07) is 0. The van der Waals surface area contributed by atoms with Gasteiger partial charge >= 0.3 is 0 Å². The summed E-state index contributed by atoms with van der Waals surface area (Å²) in [7, 11) is 0. The topological polar surface area (TPSA) is 32.3 Å². The molecule has 3 nitrogen and oxygen atoms in total. The molecule has 2 saturated heterocycles. The smallest absolute Gasteiger partial charge is 0.229 e. The second-order valence-corrected chi connectivity index (χ2v) is 8.13. The minimum Gasteiger partial charge on any atom is -0.342 e. The minimum absolute atomic E-state index is 0.167. The average Bonchev–Trinajstić information content (AvgIpc) is 2.64. The van der Waals surface area contributed by atoms with Crippen molar-refractivity contribution < 1.29 is 4.79 Å². The Labute approximate surface area is 124 Å². The van der Waals surface area contributed by atoms with E-state index in [1.807, 2.05) is 0 Å². The molecule has 0 bridgehead atoms. The van der Waals surface area contributed by atoms with Crippen molar-refractivity contribution in [1.82, 2.24) is 10.2 Å². The second kappa shape index (κ2) is 6.05. The molecule has 2 rings (SSSR count). The van der Waals surface area contributed by atoms with Crippen molar-refractivity contribution in [2.24, 2.45) is 16.7 Å². The van der Waals surface area contributed by atoms with E-state index in [1.54, 1.807) is 0 Å². The largest absolute Gasteiger partial charge is 0.342 e. The monoisotopic (exact) mass is 280 g/mol. The quantitative estimate of drug-likeness (QED) is 0.800. The van der Waals surface area contributed by atoms with Crippen LogP contribution in [0.3, 0.4) is 0 Å². The van der Waals surface area contributed by atoms with Gasteiger partial charge in [0.2, 0.25) is 5.91 Å². The lowest BCUT2D eigenvalue weighted by molar-refractivity contribution is -0.142. The third kappa shape index (κ3) is 3.55. The number of carbonyl (C=O) groups is 1. The molecule has 1 N–H and O–H groups in total. The van der Waals surface area contributed by atoms with Crippen molar-refractivity contribution >= 4 is 5.91 Å². The summed E-state index contributed by atoms with van der Waals surface area (Å²) in [5, 5.41) is 3.40. The van der Waals surface area contributed by atoms with Gasteiger partial charge in [-0.2, -0.15) is 0 Å². The lowest BCUT2D eigenvalue weighted by Gasteiger charge is -2.37. The SMILES string of the molecule is CC1(C(=O)N2CCCC(C(C)(C)C)CC2)CCCNC1. The molecular weight excluding hydrogens is 248 g/mol. The Kier molecular flexibility index (Phi) is 4.78. The van der Waals surface area contributed by atoms with E-state index in [0.29, 0.717) is 11.3 Å². The number of nitrogens with one attached hydrogen (secondary N) is 1. The van der Waals surface area contributed by atoms with Crippen LogP contribution in [0.25, 0.3) is 0 Å². The molecule has 2 fully saturated rings. The van der Waals surface area contributed by atoms with Gasteiger partial charge in [-0.1, -0.05) is 20.8 Å². The fourth-order valence-corrected chi connectivity index (χ4v) is 3.79. The maximum atomic E-state index is 12.9. The van der Waals surface area contributed by atoms with Gasteiger partial charge < -0.3 is 10.2 Å². The van der Waals surface area contributed by atoms with Crippen LogP contribution in [0.15, 0.2) is 0 Å². The van der Waals surface area contributed by atoms with Gasteiger partial charge in [-0.15, -0.1) is 0 Å². The molecule has 0 aliphatic carbocycles. The van der Waals surface area contributed by atoms with Crippen LogP contribution in [-0.4, -0.2) is 37.0 Å². The second-order valence-electron chi connectivity index (χ2n) is 8.13. The number of hydrogen-bond donors (Lipinski definition) is 1. The number of likely N-dealkylation sites (tertiary alicyclic amines) is 1. The number of rotatable bonds is 1. The van der Waals surface area contributed by atoms with E-state index in [9.17, 15) is 4.79 Å². The molecule has 0 aromatic heterocycles. The summed E-state index contributed by atoms with van der Waals surface area (Å²) in [6.45, 7) is 13.0. The van der Waals surface area contributed by atoms with E-state index in [0.717, 1.165) is 51.4 Å². The fourth-order valence-electron chi connectivity index (χ4n) is 3.79. The number of hydrogen-bond acceptors (Lipinski definition) is 2. The first-order valence-corrected chi connectivity index (χ1v) is 8.33. The highest BCUT2D eigenvalue weighted by Crippen LogP contribution is 2.36. The predicted octanol–water partition coefficient (Wildman–Crippen LogP) is 3.05.